The van der Waals surface area contributed by atoms with E-state index in [9.17, 15) is 0 Å². The summed E-state index contributed by atoms with van der Waals surface area (Å²) in [6.07, 6.45) is 1.17. The molecule has 0 heterocycles. The largest absolute Gasteiger partial charge is 0.310 e. The van der Waals surface area contributed by atoms with Crippen molar-refractivity contribution in [2.24, 2.45) is 22.7 Å². The molecular weight excluding hydrogens is 254 g/mol. The first-order chi connectivity index (χ1) is 9.66. The van der Waals surface area contributed by atoms with Crippen molar-refractivity contribution in [2.45, 2.75) is 60.9 Å². The van der Waals surface area contributed by atoms with Crippen molar-refractivity contribution in [1.82, 2.24) is 5.32 Å². The van der Waals surface area contributed by atoms with Crippen LogP contribution in [0.5, 0.6) is 0 Å². The molecule has 1 aromatic rings. The summed E-state index contributed by atoms with van der Waals surface area (Å²) in [5, 5.41) is 3.73. The van der Waals surface area contributed by atoms with E-state index < -0.39 is 0 Å². The molecule has 0 aliphatic heterocycles. The Morgan fingerprint density at radius 2 is 1.48 bits per heavy atom. The molecule has 1 aromatic carbocycles. The summed E-state index contributed by atoms with van der Waals surface area (Å²) in [6, 6.07) is 9.60. The van der Waals surface area contributed by atoms with Crippen LogP contribution in [0.15, 0.2) is 24.3 Å². The molecule has 0 saturated heterocycles. The van der Waals surface area contributed by atoms with Gasteiger partial charge < -0.3 is 5.32 Å². The summed E-state index contributed by atoms with van der Waals surface area (Å²) < 4.78 is 0. The van der Waals surface area contributed by atoms with Gasteiger partial charge in [0.15, 0.2) is 0 Å². The van der Waals surface area contributed by atoms with Crippen LogP contribution in [-0.4, -0.2) is 6.54 Å². The van der Waals surface area contributed by atoms with Crippen LogP contribution in [0.25, 0.3) is 0 Å². The second-order valence-electron chi connectivity index (χ2n) is 8.47. The van der Waals surface area contributed by atoms with Crippen LogP contribution < -0.4 is 5.32 Å². The Balaban J connectivity index is 1.88. The van der Waals surface area contributed by atoms with Gasteiger partial charge >= 0.3 is 0 Å². The average Bonchev–Trinajstić information content (AvgIpc) is 2.77. The SMILES string of the molecule is CC(C)Cc1ccc(C(C)NCC2C(C)(C)C2(C)C)cc1. The van der Waals surface area contributed by atoms with Gasteiger partial charge in [0.2, 0.25) is 0 Å². The first-order valence-corrected chi connectivity index (χ1v) is 8.48. The molecular formula is C20H33N. The van der Waals surface area contributed by atoms with E-state index in [0.29, 0.717) is 16.9 Å². The minimum absolute atomic E-state index is 0.435. The van der Waals surface area contributed by atoms with Gasteiger partial charge in [-0.25, -0.2) is 0 Å². The lowest BCUT2D eigenvalue weighted by atomic mass is 10.00. The fraction of sp³-hybridized carbons (Fsp3) is 0.700. The highest BCUT2D eigenvalue weighted by atomic mass is 14.9. The Morgan fingerprint density at radius 1 is 0.952 bits per heavy atom. The lowest BCUT2D eigenvalue weighted by molar-refractivity contribution is 0.457. The zero-order chi connectivity index (χ0) is 15.8. The molecule has 0 aromatic heterocycles. The molecule has 1 heteroatoms. The van der Waals surface area contributed by atoms with Gasteiger partial charge in [-0.15, -0.1) is 0 Å². The third kappa shape index (κ3) is 3.34. The summed E-state index contributed by atoms with van der Waals surface area (Å²) >= 11 is 0. The maximum Gasteiger partial charge on any atom is 0.0291 e. The summed E-state index contributed by atoms with van der Waals surface area (Å²) in [5.74, 6) is 1.51. The summed E-state index contributed by atoms with van der Waals surface area (Å²) in [5.41, 5.74) is 3.80. The van der Waals surface area contributed by atoms with Gasteiger partial charge in [0, 0.05) is 6.04 Å². The zero-order valence-corrected chi connectivity index (χ0v) is 15.0. The van der Waals surface area contributed by atoms with Gasteiger partial charge in [-0.05, 0) is 53.7 Å². The molecule has 0 spiro atoms. The number of benzene rings is 1. The van der Waals surface area contributed by atoms with E-state index in [1.54, 1.807) is 0 Å². The topological polar surface area (TPSA) is 12.0 Å². The van der Waals surface area contributed by atoms with Gasteiger partial charge in [0.05, 0.1) is 0 Å². The molecule has 21 heavy (non-hydrogen) atoms. The first kappa shape index (κ1) is 16.5. The first-order valence-electron chi connectivity index (χ1n) is 8.48. The Morgan fingerprint density at radius 3 is 1.90 bits per heavy atom. The van der Waals surface area contributed by atoms with Crippen molar-refractivity contribution in [3.63, 3.8) is 0 Å². The van der Waals surface area contributed by atoms with Crippen molar-refractivity contribution in [3.8, 4) is 0 Å². The molecule has 1 saturated carbocycles. The molecule has 1 N–H and O–H groups in total. The van der Waals surface area contributed by atoms with Gasteiger partial charge in [-0.1, -0.05) is 65.8 Å². The molecule has 1 fully saturated rings. The highest BCUT2D eigenvalue weighted by Crippen LogP contribution is 2.68. The fourth-order valence-corrected chi connectivity index (χ4v) is 3.67. The molecule has 2 rings (SSSR count). The molecule has 0 bridgehead atoms. The maximum atomic E-state index is 3.73. The molecule has 1 nitrogen and oxygen atoms in total. The van der Waals surface area contributed by atoms with Crippen molar-refractivity contribution in [3.05, 3.63) is 35.4 Å². The summed E-state index contributed by atoms with van der Waals surface area (Å²) in [6.45, 7) is 17.5. The molecule has 1 atom stereocenters. The van der Waals surface area contributed by atoms with E-state index in [2.05, 4.69) is 78.0 Å². The number of hydrogen-bond donors (Lipinski definition) is 1. The van der Waals surface area contributed by atoms with Crippen LogP contribution in [-0.2, 0) is 6.42 Å². The summed E-state index contributed by atoms with van der Waals surface area (Å²) in [7, 11) is 0. The Kier molecular flexibility index (Phi) is 4.54. The Bertz CT molecular complexity index is 453. The second kappa shape index (κ2) is 5.76. The second-order valence-corrected chi connectivity index (χ2v) is 8.47. The third-order valence-corrected chi connectivity index (χ3v) is 6.07. The van der Waals surface area contributed by atoms with Crippen LogP contribution >= 0.6 is 0 Å². The van der Waals surface area contributed by atoms with E-state index in [0.717, 1.165) is 18.4 Å². The quantitative estimate of drug-likeness (QED) is 0.756. The van der Waals surface area contributed by atoms with Crippen LogP contribution in [0.1, 0.15) is 65.6 Å². The fourth-order valence-electron chi connectivity index (χ4n) is 3.67. The summed E-state index contributed by atoms with van der Waals surface area (Å²) in [4.78, 5) is 0. The number of rotatable bonds is 6. The lowest BCUT2D eigenvalue weighted by Crippen LogP contribution is -2.23. The predicted molar refractivity (Wildman–Crippen MR) is 92.5 cm³/mol. The lowest BCUT2D eigenvalue weighted by Gasteiger charge is -2.16. The van der Waals surface area contributed by atoms with E-state index >= 15 is 0 Å². The van der Waals surface area contributed by atoms with E-state index in [1.165, 1.54) is 17.5 Å². The molecule has 1 aliphatic carbocycles. The van der Waals surface area contributed by atoms with Crippen LogP contribution in [0.3, 0.4) is 0 Å². The van der Waals surface area contributed by atoms with Crippen molar-refractivity contribution in [2.75, 3.05) is 6.54 Å². The van der Waals surface area contributed by atoms with Gasteiger partial charge in [0.1, 0.15) is 0 Å². The molecule has 0 amide bonds. The van der Waals surface area contributed by atoms with Crippen molar-refractivity contribution >= 4 is 0 Å². The van der Waals surface area contributed by atoms with E-state index in [-0.39, 0.29) is 0 Å². The predicted octanol–water partition coefficient (Wildman–Crippen LogP) is 5.22. The van der Waals surface area contributed by atoms with E-state index in [4.69, 9.17) is 0 Å². The minimum atomic E-state index is 0.435. The van der Waals surface area contributed by atoms with Gasteiger partial charge in [0.25, 0.3) is 0 Å². The highest BCUT2D eigenvalue weighted by molar-refractivity contribution is 5.25. The standard InChI is InChI=1S/C20H33N/c1-14(2)12-16-8-10-17(11-9-16)15(3)21-13-18-19(4,5)20(18,6)7/h8-11,14-15,18,21H,12-13H2,1-7H3. The van der Waals surface area contributed by atoms with Gasteiger partial charge in [-0.3, -0.25) is 0 Å². The van der Waals surface area contributed by atoms with Crippen LogP contribution in [0.2, 0.25) is 0 Å². The maximum absolute atomic E-state index is 3.73. The average molecular weight is 287 g/mol. The monoisotopic (exact) mass is 287 g/mol. The Labute approximate surface area is 131 Å². The Hall–Kier alpha value is -0.820. The zero-order valence-electron chi connectivity index (χ0n) is 15.0. The van der Waals surface area contributed by atoms with Crippen LogP contribution in [0.4, 0.5) is 0 Å². The van der Waals surface area contributed by atoms with Gasteiger partial charge in [-0.2, -0.15) is 0 Å². The smallest absolute Gasteiger partial charge is 0.0291 e. The normalized spacial score (nSPS) is 21.5. The number of hydrogen-bond acceptors (Lipinski definition) is 1. The molecule has 1 aliphatic rings. The van der Waals surface area contributed by atoms with E-state index in [1.807, 2.05) is 0 Å². The van der Waals surface area contributed by atoms with Crippen molar-refractivity contribution in [1.29, 1.82) is 0 Å². The number of nitrogens with one attached hydrogen (secondary N) is 1. The molecule has 118 valence electrons. The highest BCUT2D eigenvalue weighted by Gasteiger charge is 2.63. The van der Waals surface area contributed by atoms with Crippen LogP contribution in [0, 0.1) is 22.7 Å². The third-order valence-electron chi connectivity index (χ3n) is 6.07. The molecule has 1 unspecified atom stereocenters. The minimum Gasteiger partial charge on any atom is -0.310 e. The van der Waals surface area contributed by atoms with Crippen molar-refractivity contribution < 1.29 is 0 Å². The molecule has 0 radical (unpaired) electrons.